The van der Waals surface area contributed by atoms with Gasteiger partial charge in [0, 0.05) is 5.41 Å². The van der Waals surface area contributed by atoms with Gasteiger partial charge in [0.05, 0.1) is 6.61 Å². The largest absolute Gasteiger partial charge is 0.395 e. The Kier molecular flexibility index (Phi) is 4.77. The molecule has 0 amide bonds. The predicted molar refractivity (Wildman–Crippen MR) is 94.5 cm³/mol. The second-order valence-corrected chi connectivity index (χ2v) is 7.66. The molecule has 0 aliphatic heterocycles. The minimum absolute atomic E-state index is 0.152. The maximum atomic E-state index is 10.0. The molecule has 0 aliphatic rings. The summed E-state index contributed by atoms with van der Waals surface area (Å²) < 4.78 is 0. The summed E-state index contributed by atoms with van der Waals surface area (Å²) in [5, 5.41) is 10.0. The molecule has 0 aromatic heterocycles. The topological polar surface area (TPSA) is 20.2 Å². The highest BCUT2D eigenvalue weighted by Crippen LogP contribution is 2.31. The van der Waals surface area contributed by atoms with Gasteiger partial charge in [0.15, 0.2) is 0 Å². The van der Waals surface area contributed by atoms with Gasteiger partial charge in [-0.05, 0) is 41.0 Å². The van der Waals surface area contributed by atoms with Crippen molar-refractivity contribution in [3.8, 4) is 0 Å². The molecule has 0 saturated heterocycles. The van der Waals surface area contributed by atoms with E-state index in [4.69, 9.17) is 0 Å². The van der Waals surface area contributed by atoms with E-state index < -0.39 is 0 Å². The lowest BCUT2D eigenvalue weighted by molar-refractivity contribution is 0.204. The van der Waals surface area contributed by atoms with Crippen LogP contribution in [0.1, 0.15) is 49.9 Å². The second kappa shape index (κ2) is 6.26. The quantitative estimate of drug-likeness (QED) is 0.860. The van der Waals surface area contributed by atoms with Gasteiger partial charge < -0.3 is 5.11 Å². The third-order valence-corrected chi connectivity index (χ3v) is 4.56. The summed E-state index contributed by atoms with van der Waals surface area (Å²) in [6.07, 6.45) is 0.846. The fourth-order valence-corrected chi connectivity index (χ4v) is 3.06. The fraction of sp³-hybridized carbons (Fsp3) is 0.429. The Morgan fingerprint density at radius 2 is 1.45 bits per heavy atom. The summed E-state index contributed by atoms with van der Waals surface area (Å²) >= 11 is 0. The average Bonchev–Trinajstić information content (AvgIpc) is 2.47. The van der Waals surface area contributed by atoms with Crippen molar-refractivity contribution in [2.45, 2.75) is 51.9 Å². The van der Waals surface area contributed by atoms with Crippen molar-refractivity contribution in [2.75, 3.05) is 6.61 Å². The van der Waals surface area contributed by atoms with Crippen LogP contribution in [0.2, 0.25) is 0 Å². The van der Waals surface area contributed by atoms with E-state index >= 15 is 0 Å². The van der Waals surface area contributed by atoms with Crippen molar-refractivity contribution >= 4 is 0 Å². The molecule has 2 aromatic rings. The number of hydrogen-bond acceptors (Lipinski definition) is 1. The van der Waals surface area contributed by atoms with Crippen molar-refractivity contribution < 1.29 is 5.11 Å². The Hall–Kier alpha value is -1.60. The number of benzene rings is 2. The van der Waals surface area contributed by atoms with E-state index in [0.29, 0.717) is 0 Å². The van der Waals surface area contributed by atoms with Gasteiger partial charge in [0.2, 0.25) is 0 Å². The first-order valence-electron chi connectivity index (χ1n) is 8.03. The molecular formula is C21H28O. The summed E-state index contributed by atoms with van der Waals surface area (Å²) in [4.78, 5) is 0. The normalized spacial score (nSPS) is 14.6. The van der Waals surface area contributed by atoms with Gasteiger partial charge >= 0.3 is 0 Å². The van der Waals surface area contributed by atoms with E-state index in [1.54, 1.807) is 0 Å². The van der Waals surface area contributed by atoms with Crippen molar-refractivity contribution in [3.05, 3.63) is 70.8 Å². The molecule has 0 aliphatic carbocycles. The van der Waals surface area contributed by atoms with E-state index in [-0.39, 0.29) is 17.4 Å². The van der Waals surface area contributed by atoms with Crippen LogP contribution in [-0.4, -0.2) is 11.7 Å². The molecule has 0 bridgehead atoms. The van der Waals surface area contributed by atoms with Crippen LogP contribution in [0.15, 0.2) is 48.5 Å². The molecule has 2 rings (SSSR count). The maximum absolute atomic E-state index is 10.0. The second-order valence-electron chi connectivity index (χ2n) is 7.66. The Bertz CT molecular complexity index is 619. The summed E-state index contributed by atoms with van der Waals surface area (Å²) in [5.41, 5.74) is 5.03. The number of hydrogen-bond donors (Lipinski definition) is 1. The number of rotatable bonds is 4. The zero-order valence-electron chi connectivity index (χ0n) is 14.5. The van der Waals surface area contributed by atoms with Gasteiger partial charge in [-0.25, -0.2) is 0 Å². The Morgan fingerprint density at radius 1 is 0.864 bits per heavy atom. The molecule has 0 heterocycles. The van der Waals surface area contributed by atoms with Gasteiger partial charge in [0.1, 0.15) is 0 Å². The summed E-state index contributed by atoms with van der Waals surface area (Å²) in [6, 6.07) is 17.2. The number of aliphatic hydroxyl groups is 1. The minimum atomic E-state index is -0.241. The van der Waals surface area contributed by atoms with Crippen molar-refractivity contribution in [2.24, 2.45) is 0 Å². The van der Waals surface area contributed by atoms with Crippen LogP contribution in [0, 0.1) is 6.92 Å². The molecule has 1 nitrogen and oxygen atoms in total. The van der Waals surface area contributed by atoms with E-state index in [2.05, 4.69) is 83.1 Å². The van der Waals surface area contributed by atoms with Gasteiger partial charge in [-0.3, -0.25) is 0 Å². The van der Waals surface area contributed by atoms with Crippen LogP contribution in [0.25, 0.3) is 0 Å². The zero-order valence-corrected chi connectivity index (χ0v) is 14.5. The molecule has 2 aromatic carbocycles. The van der Waals surface area contributed by atoms with E-state index in [1.165, 1.54) is 22.3 Å². The molecule has 1 heteroatoms. The Labute approximate surface area is 135 Å². The lowest BCUT2D eigenvalue weighted by Gasteiger charge is -2.30. The third kappa shape index (κ3) is 3.59. The highest BCUT2D eigenvalue weighted by atomic mass is 16.3. The van der Waals surface area contributed by atoms with Crippen LogP contribution in [0.4, 0.5) is 0 Å². The molecular weight excluding hydrogens is 268 g/mol. The van der Waals surface area contributed by atoms with Gasteiger partial charge in [0.25, 0.3) is 0 Å². The van der Waals surface area contributed by atoms with Crippen LogP contribution in [0.5, 0.6) is 0 Å². The maximum Gasteiger partial charge on any atom is 0.0528 e. The third-order valence-electron chi connectivity index (χ3n) is 4.56. The minimum Gasteiger partial charge on any atom is -0.395 e. The van der Waals surface area contributed by atoms with E-state index in [9.17, 15) is 5.11 Å². The highest BCUT2D eigenvalue weighted by Gasteiger charge is 2.27. The highest BCUT2D eigenvalue weighted by molar-refractivity contribution is 5.36. The van der Waals surface area contributed by atoms with E-state index in [0.717, 1.165) is 6.42 Å². The van der Waals surface area contributed by atoms with E-state index in [1.807, 2.05) is 0 Å². The molecule has 1 N–H and O–H groups in total. The molecule has 22 heavy (non-hydrogen) atoms. The van der Waals surface area contributed by atoms with Crippen LogP contribution in [0.3, 0.4) is 0 Å². The monoisotopic (exact) mass is 296 g/mol. The number of aliphatic hydroxyl groups excluding tert-OH is 1. The Morgan fingerprint density at radius 3 is 1.95 bits per heavy atom. The van der Waals surface area contributed by atoms with Crippen LogP contribution < -0.4 is 0 Å². The van der Waals surface area contributed by atoms with Crippen LogP contribution >= 0.6 is 0 Å². The van der Waals surface area contributed by atoms with Crippen molar-refractivity contribution in [1.82, 2.24) is 0 Å². The Balaban J connectivity index is 2.29. The first-order valence-corrected chi connectivity index (χ1v) is 8.03. The standard InChI is InChI=1S/C21H28O/c1-16-8-6-7-9-19(16)21(5,15-22)14-17-10-12-18(13-11-17)20(2,3)4/h6-13,22H,14-15H2,1-5H3. The lowest BCUT2D eigenvalue weighted by Crippen LogP contribution is -2.30. The smallest absolute Gasteiger partial charge is 0.0528 e. The van der Waals surface area contributed by atoms with Crippen LogP contribution in [-0.2, 0) is 17.3 Å². The first kappa shape index (κ1) is 16.8. The summed E-state index contributed by atoms with van der Waals surface area (Å²) in [7, 11) is 0. The fourth-order valence-electron chi connectivity index (χ4n) is 3.06. The summed E-state index contributed by atoms with van der Waals surface area (Å²) in [6.45, 7) is 11.1. The lowest BCUT2D eigenvalue weighted by atomic mass is 9.76. The average molecular weight is 296 g/mol. The number of aryl methyl sites for hydroxylation is 1. The zero-order chi connectivity index (χ0) is 16.4. The molecule has 0 saturated carbocycles. The summed E-state index contributed by atoms with van der Waals surface area (Å²) in [5.74, 6) is 0. The first-order chi connectivity index (χ1) is 10.3. The molecule has 0 fully saturated rings. The SMILES string of the molecule is Cc1ccccc1C(C)(CO)Cc1ccc(C(C)(C)C)cc1. The molecule has 118 valence electrons. The van der Waals surface area contributed by atoms with Gasteiger partial charge in [-0.1, -0.05) is 76.2 Å². The van der Waals surface area contributed by atoms with Crippen molar-refractivity contribution in [1.29, 1.82) is 0 Å². The molecule has 0 spiro atoms. The van der Waals surface area contributed by atoms with Crippen molar-refractivity contribution in [3.63, 3.8) is 0 Å². The molecule has 1 atom stereocenters. The van der Waals surface area contributed by atoms with Gasteiger partial charge in [-0.2, -0.15) is 0 Å². The predicted octanol–water partition coefficient (Wildman–Crippen LogP) is 4.79. The van der Waals surface area contributed by atoms with Gasteiger partial charge in [-0.15, -0.1) is 0 Å². The molecule has 0 radical (unpaired) electrons. The molecule has 1 unspecified atom stereocenters.